The van der Waals surface area contributed by atoms with E-state index in [0.29, 0.717) is 0 Å². The minimum Gasteiger partial charge on any atom is -0.481 e. The van der Waals surface area contributed by atoms with E-state index in [2.05, 4.69) is 15.9 Å². The fourth-order valence-corrected chi connectivity index (χ4v) is 3.26. The third-order valence-electron chi connectivity index (χ3n) is 2.37. The van der Waals surface area contributed by atoms with E-state index in [0.717, 1.165) is 21.7 Å². The summed E-state index contributed by atoms with van der Waals surface area (Å²) in [5.41, 5.74) is -0.172. The van der Waals surface area contributed by atoms with Crippen LogP contribution < -0.4 is 0 Å². The summed E-state index contributed by atoms with van der Waals surface area (Å²) in [5.74, 6) is -0.740. The third-order valence-corrected chi connectivity index (χ3v) is 4.91. The molecule has 0 radical (unpaired) electrons. The first-order valence-corrected chi connectivity index (χ1v) is 6.94. The summed E-state index contributed by atoms with van der Waals surface area (Å²) in [5, 5.41) is 8.77. The van der Waals surface area contributed by atoms with Crippen molar-refractivity contribution >= 4 is 44.8 Å². The lowest BCUT2D eigenvalue weighted by Crippen LogP contribution is -2.17. The number of thiophene rings is 1. The minimum absolute atomic E-state index is 0.172. The molecule has 0 fully saturated rings. The summed E-state index contributed by atoms with van der Waals surface area (Å²) in [6.45, 7) is 3.96. The Balaban J connectivity index is 2.53. The molecule has 1 aromatic heterocycles. The molecule has 0 amide bonds. The van der Waals surface area contributed by atoms with E-state index in [9.17, 15) is 4.79 Å². The normalized spacial score (nSPS) is 11.8. The number of carboxylic acid groups (broad SMARTS) is 1. The van der Waals surface area contributed by atoms with E-state index >= 15 is 0 Å². The molecule has 1 rings (SSSR count). The number of rotatable bonds is 5. The minimum atomic E-state index is -0.740. The van der Waals surface area contributed by atoms with Crippen LogP contribution in [0.1, 0.15) is 31.6 Å². The van der Waals surface area contributed by atoms with Crippen LogP contribution in [0.3, 0.4) is 0 Å². The van der Waals surface area contributed by atoms with Gasteiger partial charge in [-0.25, -0.2) is 0 Å². The van der Waals surface area contributed by atoms with Crippen molar-refractivity contribution in [3.05, 3.63) is 19.8 Å². The second-order valence-electron chi connectivity index (χ2n) is 4.57. The van der Waals surface area contributed by atoms with Crippen molar-refractivity contribution in [3.8, 4) is 0 Å². The van der Waals surface area contributed by atoms with Crippen LogP contribution in [0, 0.1) is 5.41 Å². The predicted molar refractivity (Wildman–Crippen MR) is 71.4 cm³/mol. The van der Waals surface area contributed by atoms with Crippen LogP contribution in [0.15, 0.2) is 10.5 Å². The molecule has 5 heteroatoms. The summed E-state index contributed by atoms with van der Waals surface area (Å²) in [6, 6.07) is 2.00. The molecular formula is C11H14BrClO2S. The van der Waals surface area contributed by atoms with Crippen molar-refractivity contribution in [1.82, 2.24) is 0 Å². The molecule has 0 unspecified atom stereocenters. The van der Waals surface area contributed by atoms with Crippen LogP contribution in [0.5, 0.6) is 0 Å². The lowest BCUT2D eigenvalue weighted by atomic mass is 9.84. The molecule has 0 saturated carbocycles. The van der Waals surface area contributed by atoms with Crippen LogP contribution >= 0.6 is 38.9 Å². The van der Waals surface area contributed by atoms with Gasteiger partial charge in [-0.3, -0.25) is 4.79 Å². The summed E-state index contributed by atoms with van der Waals surface area (Å²) >= 11 is 10.8. The Hall–Kier alpha value is -0.0600. The van der Waals surface area contributed by atoms with E-state index in [4.69, 9.17) is 16.7 Å². The second kappa shape index (κ2) is 5.52. The van der Waals surface area contributed by atoms with Crippen LogP contribution in [0.25, 0.3) is 0 Å². The highest BCUT2D eigenvalue weighted by atomic mass is 79.9. The van der Waals surface area contributed by atoms with Gasteiger partial charge >= 0.3 is 5.97 Å². The Morgan fingerprint density at radius 2 is 2.25 bits per heavy atom. The van der Waals surface area contributed by atoms with Gasteiger partial charge in [0.25, 0.3) is 0 Å². The van der Waals surface area contributed by atoms with Gasteiger partial charge in [0, 0.05) is 9.35 Å². The van der Waals surface area contributed by atoms with Crippen LogP contribution in [0.2, 0.25) is 4.34 Å². The van der Waals surface area contributed by atoms with Gasteiger partial charge in [0.1, 0.15) is 4.34 Å². The van der Waals surface area contributed by atoms with Gasteiger partial charge < -0.3 is 5.11 Å². The van der Waals surface area contributed by atoms with Gasteiger partial charge in [-0.2, -0.15) is 0 Å². The molecule has 0 aliphatic carbocycles. The molecule has 1 heterocycles. The fraction of sp³-hybridized carbons (Fsp3) is 0.545. The Morgan fingerprint density at radius 3 is 2.69 bits per heavy atom. The van der Waals surface area contributed by atoms with E-state index in [1.54, 1.807) is 11.3 Å². The number of aliphatic carboxylic acids is 1. The summed E-state index contributed by atoms with van der Waals surface area (Å²) in [4.78, 5) is 11.8. The second-order valence-corrected chi connectivity index (χ2v) is 7.16. The molecule has 16 heavy (non-hydrogen) atoms. The maximum atomic E-state index is 10.7. The number of hydrogen-bond donors (Lipinski definition) is 1. The van der Waals surface area contributed by atoms with Crippen molar-refractivity contribution in [2.24, 2.45) is 5.41 Å². The van der Waals surface area contributed by atoms with Gasteiger partial charge in [0.2, 0.25) is 0 Å². The molecule has 1 N–H and O–H groups in total. The lowest BCUT2D eigenvalue weighted by molar-refractivity contribution is -0.139. The summed E-state index contributed by atoms with van der Waals surface area (Å²) in [7, 11) is 0. The average molecular weight is 326 g/mol. The maximum Gasteiger partial charge on any atom is 0.303 e. The third kappa shape index (κ3) is 4.44. The number of halogens is 2. The highest BCUT2D eigenvalue weighted by molar-refractivity contribution is 9.10. The van der Waals surface area contributed by atoms with Crippen molar-refractivity contribution in [2.45, 2.75) is 33.1 Å². The molecule has 1 aromatic rings. The monoisotopic (exact) mass is 324 g/mol. The molecule has 0 bridgehead atoms. The zero-order valence-electron chi connectivity index (χ0n) is 9.22. The summed E-state index contributed by atoms with van der Waals surface area (Å²) in [6.07, 6.45) is 1.92. The van der Waals surface area contributed by atoms with Gasteiger partial charge in [-0.05, 0) is 40.3 Å². The molecule has 0 spiro atoms. The fourth-order valence-electron chi connectivity index (χ4n) is 1.47. The molecule has 0 atom stereocenters. The van der Waals surface area contributed by atoms with Crippen LogP contribution in [-0.2, 0) is 11.2 Å². The zero-order chi connectivity index (χ0) is 12.3. The predicted octanol–water partition coefficient (Wildman–Crippen LogP) is 4.60. The highest BCUT2D eigenvalue weighted by Crippen LogP contribution is 2.35. The molecule has 0 saturated heterocycles. The van der Waals surface area contributed by atoms with Crippen LogP contribution in [0.4, 0.5) is 0 Å². The first kappa shape index (κ1) is 14.0. The van der Waals surface area contributed by atoms with Crippen molar-refractivity contribution in [2.75, 3.05) is 0 Å². The van der Waals surface area contributed by atoms with E-state index in [-0.39, 0.29) is 11.8 Å². The highest BCUT2D eigenvalue weighted by Gasteiger charge is 2.21. The Kier molecular flexibility index (Phi) is 4.83. The Labute approximate surface area is 113 Å². The molecule has 2 nitrogen and oxygen atoms in total. The number of hydrogen-bond acceptors (Lipinski definition) is 2. The maximum absolute atomic E-state index is 10.7. The van der Waals surface area contributed by atoms with Crippen molar-refractivity contribution in [3.63, 3.8) is 0 Å². The largest absolute Gasteiger partial charge is 0.481 e. The summed E-state index contributed by atoms with van der Waals surface area (Å²) < 4.78 is 1.68. The van der Waals surface area contributed by atoms with Crippen molar-refractivity contribution in [1.29, 1.82) is 0 Å². The standard InChI is InChI=1S/C11H14BrClO2S/c1-11(2,6-9(14)15)4-3-7-5-8(12)10(13)16-7/h5H,3-4,6H2,1-2H3,(H,14,15). The average Bonchev–Trinajstić information content (AvgIpc) is 2.41. The molecule has 90 valence electrons. The molecule has 0 aromatic carbocycles. The quantitative estimate of drug-likeness (QED) is 0.859. The van der Waals surface area contributed by atoms with E-state index in [1.165, 1.54) is 4.88 Å². The van der Waals surface area contributed by atoms with E-state index in [1.807, 2.05) is 19.9 Å². The van der Waals surface area contributed by atoms with Crippen LogP contribution in [-0.4, -0.2) is 11.1 Å². The number of aryl methyl sites for hydroxylation is 1. The number of carboxylic acids is 1. The van der Waals surface area contributed by atoms with Crippen molar-refractivity contribution < 1.29 is 9.90 Å². The number of carbonyl (C=O) groups is 1. The van der Waals surface area contributed by atoms with Gasteiger partial charge in [0.15, 0.2) is 0 Å². The van der Waals surface area contributed by atoms with Gasteiger partial charge in [-0.1, -0.05) is 25.4 Å². The zero-order valence-corrected chi connectivity index (χ0v) is 12.4. The molecule has 0 aliphatic heterocycles. The first-order valence-electron chi connectivity index (χ1n) is 4.96. The molecular weight excluding hydrogens is 312 g/mol. The first-order chi connectivity index (χ1) is 7.30. The Bertz CT molecular complexity index is 368. The Morgan fingerprint density at radius 1 is 1.62 bits per heavy atom. The lowest BCUT2D eigenvalue weighted by Gasteiger charge is -2.21. The SMILES string of the molecule is CC(C)(CCc1cc(Br)c(Cl)s1)CC(=O)O. The van der Waals surface area contributed by atoms with Gasteiger partial charge in [-0.15, -0.1) is 11.3 Å². The molecule has 0 aliphatic rings. The van der Waals surface area contributed by atoms with Gasteiger partial charge in [0.05, 0.1) is 6.42 Å². The smallest absolute Gasteiger partial charge is 0.303 e. The topological polar surface area (TPSA) is 37.3 Å². The van der Waals surface area contributed by atoms with E-state index < -0.39 is 5.97 Å².